The van der Waals surface area contributed by atoms with E-state index < -0.39 is 11.2 Å². The van der Waals surface area contributed by atoms with Crippen molar-refractivity contribution in [2.45, 2.75) is 13.0 Å². The average Bonchev–Trinajstić information content (AvgIpc) is 3.01. The van der Waals surface area contributed by atoms with Crippen LogP contribution in [-0.2, 0) is 24.8 Å². The van der Waals surface area contributed by atoms with Crippen molar-refractivity contribution in [3.05, 3.63) is 67.8 Å². The van der Waals surface area contributed by atoms with Crippen LogP contribution in [0.5, 0.6) is 0 Å². The summed E-state index contributed by atoms with van der Waals surface area (Å²) in [7, 11) is 1.37. The first-order valence-corrected chi connectivity index (χ1v) is 7.93. The van der Waals surface area contributed by atoms with Gasteiger partial charge in [0.25, 0.3) is 5.56 Å². The number of hydrogen-bond donors (Lipinski definition) is 2. The number of hydrogen-bond acceptors (Lipinski definition) is 4. The van der Waals surface area contributed by atoms with Crippen molar-refractivity contribution in [2.24, 2.45) is 7.05 Å². The molecule has 0 spiro atoms. The number of amides is 1. The van der Waals surface area contributed by atoms with Crippen molar-refractivity contribution in [3.63, 3.8) is 0 Å². The first kappa shape index (κ1) is 15.2. The highest BCUT2D eigenvalue weighted by atomic mass is 32.1. The number of carbonyl (C=O) groups excluding carboxylic acids is 1. The van der Waals surface area contributed by atoms with Gasteiger partial charge in [-0.1, -0.05) is 6.07 Å². The molecule has 2 heterocycles. The number of aromatic amines is 1. The highest BCUT2D eigenvalue weighted by Gasteiger charge is 2.09. The zero-order chi connectivity index (χ0) is 16.4. The molecule has 0 atom stereocenters. The topological polar surface area (TPSA) is 84.0 Å². The monoisotopic (exact) mass is 329 g/mol. The number of nitrogens with one attached hydrogen (secondary N) is 2. The van der Waals surface area contributed by atoms with Crippen molar-refractivity contribution in [1.29, 1.82) is 0 Å². The molecule has 118 valence electrons. The van der Waals surface area contributed by atoms with Gasteiger partial charge in [0.1, 0.15) is 0 Å². The summed E-state index contributed by atoms with van der Waals surface area (Å²) in [5.74, 6) is -0.264. The van der Waals surface area contributed by atoms with Crippen LogP contribution in [0.2, 0.25) is 0 Å². The molecule has 1 amide bonds. The zero-order valence-corrected chi connectivity index (χ0v) is 13.3. The highest BCUT2D eigenvalue weighted by Crippen LogP contribution is 2.21. The molecule has 3 aromatic rings. The van der Waals surface area contributed by atoms with Crippen molar-refractivity contribution in [3.8, 4) is 0 Å². The summed E-state index contributed by atoms with van der Waals surface area (Å²) in [6.45, 7) is 0.397. The van der Waals surface area contributed by atoms with Crippen LogP contribution in [0.3, 0.4) is 0 Å². The van der Waals surface area contributed by atoms with Gasteiger partial charge in [-0.2, -0.15) is 0 Å². The molecule has 0 fully saturated rings. The van der Waals surface area contributed by atoms with Gasteiger partial charge in [0.15, 0.2) is 0 Å². The van der Waals surface area contributed by atoms with E-state index in [0.29, 0.717) is 6.54 Å². The lowest BCUT2D eigenvalue weighted by atomic mass is 10.1. The Labute approximate surface area is 135 Å². The van der Waals surface area contributed by atoms with Crippen LogP contribution in [0.15, 0.2) is 45.4 Å². The molecule has 0 aliphatic carbocycles. The van der Waals surface area contributed by atoms with E-state index in [2.05, 4.69) is 10.3 Å². The van der Waals surface area contributed by atoms with Gasteiger partial charge in [0.05, 0.1) is 6.42 Å². The van der Waals surface area contributed by atoms with Crippen LogP contribution in [0.1, 0.15) is 11.1 Å². The molecular formula is C16H15N3O3S. The van der Waals surface area contributed by atoms with Gasteiger partial charge in [-0.15, -0.1) is 11.3 Å². The minimum atomic E-state index is -0.497. The smallest absolute Gasteiger partial charge is 0.328 e. The molecule has 0 saturated carbocycles. The minimum Gasteiger partial charge on any atom is -0.352 e. The van der Waals surface area contributed by atoms with Crippen LogP contribution in [0, 0.1) is 0 Å². The van der Waals surface area contributed by atoms with E-state index >= 15 is 0 Å². The standard InChI is InChI=1S/C16H15N3O3S/c1-19-15(21)12(9-18-16(19)22)7-14(20)17-8-10-2-3-13-11(6-10)4-5-23-13/h2-6,9H,7-8H2,1H3,(H,17,20)(H,18,22). The summed E-state index contributed by atoms with van der Waals surface area (Å²) < 4.78 is 2.16. The number of rotatable bonds is 4. The molecule has 0 radical (unpaired) electrons. The van der Waals surface area contributed by atoms with Crippen molar-refractivity contribution >= 4 is 27.3 Å². The summed E-state index contributed by atoms with van der Waals surface area (Å²) in [5.41, 5.74) is 0.309. The summed E-state index contributed by atoms with van der Waals surface area (Å²) in [5, 5.41) is 5.97. The van der Waals surface area contributed by atoms with Crippen LogP contribution in [0.4, 0.5) is 0 Å². The average molecular weight is 329 g/mol. The highest BCUT2D eigenvalue weighted by molar-refractivity contribution is 7.17. The summed E-state index contributed by atoms with van der Waals surface area (Å²) in [6, 6.07) is 8.07. The van der Waals surface area contributed by atoms with Gasteiger partial charge in [-0.25, -0.2) is 4.79 Å². The van der Waals surface area contributed by atoms with Gasteiger partial charge in [-0.3, -0.25) is 14.2 Å². The molecule has 2 aromatic heterocycles. The molecule has 0 aliphatic rings. The molecule has 7 heteroatoms. The third-order valence-corrected chi connectivity index (χ3v) is 4.51. The Morgan fingerprint density at radius 1 is 1.30 bits per heavy atom. The Hall–Kier alpha value is -2.67. The van der Waals surface area contributed by atoms with E-state index in [4.69, 9.17) is 0 Å². The fourth-order valence-electron chi connectivity index (χ4n) is 2.30. The number of thiophene rings is 1. The molecule has 0 bridgehead atoms. The molecule has 0 aliphatic heterocycles. The molecule has 6 nitrogen and oxygen atoms in total. The van der Waals surface area contributed by atoms with E-state index in [1.54, 1.807) is 11.3 Å². The second-order valence-electron chi connectivity index (χ2n) is 5.23. The summed E-state index contributed by atoms with van der Waals surface area (Å²) in [4.78, 5) is 37.6. The summed E-state index contributed by atoms with van der Waals surface area (Å²) >= 11 is 1.67. The lowest BCUT2D eigenvalue weighted by Gasteiger charge is -2.06. The predicted octanol–water partition coefficient (Wildman–Crippen LogP) is 1.15. The number of nitrogens with zero attached hydrogens (tertiary/aromatic N) is 1. The SMILES string of the molecule is Cn1c(=O)[nH]cc(CC(=O)NCc2ccc3sccc3c2)c1=O. The minimum absolute atomic E-state index is 0.0653. The Morgan fingerprint density at radius 2 is 2.13 bits per heavy atom. The van der Waals surface area contributed by atoms with Gasteiger partial charge in [0, 0.05) is 30.1 Å². The largest absolute Gasteiger partial charge is 0.352 e. The molecule has 2 N–H and O–H groups in total. The number of fused-ring (bicyclic) bond motifs is 1. The van der Waals surface area contributed by atoms with Crippen LogP contribution < -0.4 is 16.6 Å². The number of H-pyrrole nitrogens is 1. The maximum Gasteiger partial charge on any atom is 0.328 e. The molecule has 0 saturated heterocycles. The number of carbonyl (C=O) groups is 1. The Balaban J connectivity index is 1.66. The summed E-state index contributed by atoms with van der Waals surface area (Å²) in [6.07, 6.45) is 1.23. The predicted molar refractivity (Wildman–Crippen MR) is 89.7 cm³/mol. The first-order chi connectivity index (χ1) is 11.0. The van der Waals surface area contributed by atoms with Crippen LogP contribution in [0.25, 0.3) is 10.1 Å². The molecular weight excluding hydrogens is 314 g/mol. The molecule has 3 rings (SSSR count). The molecule has 23 heavy (non-hydrogen) atoms. The molecule has 1 aromatic carbocycles. The third kappa shape index (κ3) is 3.24. The molecule has 0 unspecified atom stereocenters. The lowest BCUT2D eigenvalue weighted by Crippen LogP contribution is -2.36. The van der Waals surface area contributed by atoms with E-state index in [1.807, 2.05) is 29.6 Å². The maximum absolute atomic E-state index is 12.0. The van der Waals surface area contributed by atoms with E-state index in [0.717, 1.165) is 15.5 Å². The number of aromatic nitrogens is 2. The maximum atomic E-state index is 12.0. The fourth-order valence-corrected chi connectivity index (χ4v) is 3.07. The van der Waals surface area contributed by atoms with Crippen molar-refractivity contribution < 1.29 is 4.79 Å². The fraction of sp³-hybridized carbons (Fsp3) is 0.188. The van der Waals surface area contributed by atoms with Crippen LogP contribution >= 0.6 is 11.3 Å². The van der Waals surface area contributed by atoms with Gasteiger partial charge >= 0.3 is 5.69 Å². The zero-order valence-electron chi connectivity index (χ0n) is 12.5. The Kier molecular flexibility index (Phi) is 4.12. The van der Waals surface area contributed by atoms with Gasteiger partial charge < -0.3 is 10.3 Å². The normalized spacial score (nSPS) is 10.8. The quantitative estimate of drug-likeness (QED) is 0.753. The van der Waals surface area contributed by atoms with Crippen molar-refractivity contribution in [1.82, 2.24) is 14.9 Å². The third-order valence-electron chi connectivity index (χ3n) is 3.61. The van der Waals surface area contributed by atoms with Gasteiger partial charge in [-0.05, 0) is 34.5 Å². The lowest BCUT2D eigenvalue weighted by molar-refractivity contribution is -0.120. The van der Waals surface area contributed by atoms with Crippen LogP contribution in [-0.4, -0.2) is 15.5 Å². The Morgan fingerprint density at radius 3 is 2.96 bits per heavy atom. The Bertz CT molecular complexity index is 984. The van der Waals surface area contributed by atoms with E-state index in [9.17, 15) is 14.4 Å². The number of benzene rings is 1. The van der Waals surface area contributed by atoms with Crippen molar-refractivity contribution in [2.75, 3.05) is 0 Å². The van der Waals surface area contributed by atoms with E-state index in [-0.39, 0.29) is 17.9 Å². The second kappa shape index (κ2) is 6.21. The van der Waals surface area contributed by atoms with E-state index in [1.165, 1.54) is 17.9 Å². The second-order valence-corrected chi connectivity index (χ2v) is 6.18. The first-order valence-electron chi connectivity index (χ1n) is 7.05. The van der Waals surface area contributed by atoms with Gasteiger partial charge in [0.2, 0.25) is 5.91 Å².